The molecule has 0 aliphatic rings. The van der Waals surface area contributed by atoms with Gasteiger partial charge in [0.2, 0.25) is 0 Å². The predicted molar refractivity (Wildman–Crippen MR) is 77.2 cm³/mol. The lowest BCUT2D eigenvalue weighted by atomic mass is 10.1. The van der Waals surface area contributed by atoms with Crippen LogP contribution in [0.15, 0.2) is 61.1 Å². The number of carbonyl (C=O) groups excluding carboxylic acids is 1. The van der Waals surface area contributed by atoms with Gasteiger partial charge in [-0.15, -0.1) is 0 Å². The van der Waals surface area contributed by atoms with E-state index in [1.54, 1.807) is 24.7 Å². The van der Waals surface area contributed by atoms with Crippen molar-refractivity contribution in [2.45, 2.75) is 6.54 Å². The van der Waals surface area contributed by atoms with Crippen molar-refractivity contribution in [3.63, 3.8) is 0 Å². The highest BCUT2D eigenvalue weighted by Crippen LogP contribution is 2.14. The van der Waals surface area contributed by atoms with E-state index in [2.05, 4.69) is 15.3 Å². The molecule has 0 radical (unpaired) electrons. The predicted octanol–water partition coefficient (Wildman–Crippen LogP) is 2.56. The van der Waals surface area contributed by atoms with E-state index < -0.39 is 0 Å². The van der Waals surface area contributed by atoms with Gasteiger partial charge in [-0.1, -0.05) is 12.1 Å². The molecular weight excluding hydrogens is 250 g/mol. The van der Waals surface area contributed by atoms with E-state index in [4.69, 9.17) is 0 Å². The number of pyridine rings is 2. The van der Waals surface area contributed by atoms with E-state index in [0.717, 1.165) is 16.5 Å². The van der Waals surface area contributed by atoms with Crippen LogP contribution in [-0.4, -0.2) is 15.9 Å². The number of benzene rings is 1. The molecule has 3 rings (SSSR count). The summed E-state index contributed by atoms with van der Waals surface area (Å²) in [6, 6.07) is 13.1. The second kappa shape index (κ2) is 5.48. The first-order chi connectivity index (χ1) is 9.83. The molecule has 98 valence electrons. The minimum absolute atomic E-state index is 0.102. The van der Waals surface area contributed by atoms with Crippen LogP contribution < -0.4 is 5.32 Å². The number of nitrogens with one attached hydrogen (secondary N) is 1. The summed E-state index contributed by atoms with van der Waals surface area (Å²) in [4.78, 5) is 20.3. The molecule has 4 nitrogen and oxygen atoms in total. The monoisotopic (exact) mass is 263 g/mol. The molecule has 0 aliphatic heterocycles. The molecule has 0 spiro atoms. The first-order valence-electron chi connectivity index (χ1n) is 6.35. The van der Waals surface area contributed by atoms with Crippen LogP contribution in [0.3, 0.4) is 0 Å². The Balaban J connectivity index is 1.75. The van der Waals surface area contributed by atoms with Crippen LogP contribution in [-0.2, 0) is 6.54 Å². The van der Waals surface area contributed by atoms with Gasteiger partial charge in [-0.2, -0.15) is 0 Å². The van der Waals surface area contributed by atoms with Gasteiger partial charge < -0.3 is 5.32 Å². The third-order valence-electron chi connectivity index (χ3n) is 3.06. The van der Waals surface area contributed by atoms with E-state index in [-0.39, 0.29) is 5.91 Å². The molecule has 2 aromatic heterocycles. The van der Waals surface area contributed by atoms with Crippen molar-refractivity contribution >= 4 is 16.7 Å². The van der Waals surface area contributed by atoms with Gasteiger partial charge in [-0.3, -0.25) is 14.8 Å². The van der Waals surface area contributed by atoms with Crippen LogP contribution in [0.2, 0.25) is 0 Å². The average molecular weight is 263 g/mol. The molecule has 0 aliphatic carbocycles. The molecule has 0 atom stereocenters. The molecule has 0 saturated carbocycles. The van der Waals surface area contributed by atoms with Gasteiger partial charge in [0.05, 0.1) is 12.2 Å². The third-order valence-corrected chi connectivity index (χ3v) is 3.06. The van der Waals surface area contributed by atoms with Gasteiger partial charge in [-0.05, 0) is 35.7 Å². The van der Waals surface area contributed by atoms with Crippen LogP contribution >= 0.6 is 0 Å². The minimum Gasteiger partial charge on any atom is -0.346 e. The molecule has 0 bridgehead atoms. The summed E-state index contributed by atoms with van der Waals surface area (Å²) in [7, 11) is 0. The maximum atomic E-state index is 12.1. The van der Waals surface area contributed by atoms with Gasteiger partial charge in [0.15, 0.2) is 0 Å². The topological polar surface area (TPSA) is 54.9 Å². The van der Waals surface area contributed by atoms with Crippen molar-refractivity contribution in [2.24, 2.45) is 0 Å². The molecule has 20 heavy (non-hydrogen) atoms. The van der Waals surface area contributed by atoms with Gasteiger partial charge in [0, 0.05) is 29.5 Å². The van der Waals surface area contributed by atoms with Crippen molar-refractivity contribution < 1.29 is 4.79 Å². The van der Waals surface area contributed by atoms with Gasteiger partial charge in [0.25, 0.3) is 5.91 Å². The van der Waals surface area contributed by atoms with Crippen molar-refractivity contribution in [3.05, 3.63) is 72.3 Å². The lowest BCUT2D eigenvalue weighted by Crippen LogP contribution is -2.23. The fourth-order valence-electron chi connectivity index (χ4n) is 2.00. The summed E-state index contributed by atoms with van der Waals surface area (Å²) in [5.41, 5.74) is 1.48. The van der Waals surface area contributed by atoms with Gasteiger partial charge >= 0.3 is 0 Å². The molecule has 0 saturated heterocycles. The Morgan fingerprint density at radius 1 is 1.05 bits per heavy atom. The van der Waals surface area contributed by atoms with E-state index in [9.17, 15) is 4.79 Å². The lowest BCUT2D eigenvalue weighted by Gasteiger charge is -2.05. The Morgan fingerprint density at radius 2 is 2.00 bits per heavy atom. The van der Waals surface area contributed by atoms with Crippen molar-refractivity contribution in [1.29, 1.82) is 0 Å². The highest BCUT2D eigenvalue weighted by atomic mass is 16.1. The SMILES string of the molecule is O=C(NCc1ccccn1)c1ccc2cnccc2c1. The zero-order valence-electron chi connectivity index (χ0n) is 10.8. The number of aromatic nitrogens is 2. The number of hydrogen-bond acceptors (Lipinski definition) is 3. The first kappa shape index (κ1) is 12.3. The fraction of sp³-hybridized carbons (Fsp3) is 0.0625. The Labute approximate surface area is 116 Å². The Hall–Kier alpha value is -2.75. The van der Waals surface area contributed by atoms with E-state index in [1.165, 1.54) is 0 Å². The molecule has 1 amide bonds. The number of fused-ring (bicyclic) bond motifs is 1. The fourth-order valence-corrected chi connectivity index (χ4v) is 2.00. The Kier molecular flexibility index (Phi) is 3.37. The number of nitrogens with zero attached hydrogens (tertiary/aromatic N) is 2. The quantitative estimate of drug-likeness (QED) is 0.790. The van der Waals surface area contributed by atoms with Crippen molar-refractivity contribution in [2.75, 3.05) is 0 Å². The van der Waals surface area contributed by atoms with Gasteiger partial charge in [-0.25, -0.2) is 0 Å². The van der Waals surface area contributed by atoms with E-state index in [0.29, 0.717) is 12.1 Å². The minimum atomic E-state index is -0.102. The van der Waals surface area contributed by atoms with Crippen LogP contribution in [0.5, 0.6) is 0 Å². The third kappa shape index (κ3) is 2.64. The second-order valence-electron chi connectivity index (χ2n) is 4.44. The summed E-state index contributed by atoms with van der Waals surface area (Å²) in [6.07, 6.45) is 5.22. The van der Waals surface area contributed by atoms with Crippen LogP contribution in [0, 0.1) is 0 Å². The van der Waals surface area contributed by atoms with Gasteiger partial charge in [0.1, 0.15) is 0 Å². The van der Waals surface area contributed by atoms with Crippen molar-refractivity contribution in [3.8, 4) is 0 Å². The molecule has 3 aromatic rings. The Morgan fingerprint density at radius 3 is 2.85 bits per heavy atom. The molecule has 0 fully saturated rings. The summed E-state index contributed by atoms with van der Waals surface area (Å²) in [5, 5.41) is 4.89. The highest BCUT2D eigenvalue weighted by molar-refractivity contribution is 5.98. The normalized spacial score (nSPS) is 10.4. The second-order valence-corrected chi connectivity index (χ2v) is 4.44. The summed E-state index contributed by atoms with van der Waals surface area (Å²) in [5.74, 6) is -0.102. The maximum Gasteiger partial charge on any atom is 0.251 e. The molecule has 2 heterocycles. The first-order valence-corrected chi connectivity index (χ1v) is 6.35. The van der Waals surface area contributed by atoms with E-state index >= 15 is 0 Å². The van der Waals surface area contributed by atoms with Crippen LogP contribution in [0.1, 0.15) is 16.1 Å². The number of rotatable bonds is 3. The van der Waals surface area contributed by atoms with E-state index in [1.807, 2.05) is 36.4 Å². The smallest absolute Gasteiger partial charge is 0.251 e. The standard InChI is InChI=1S/C16H13N3O/c20-16(19-11-15-3-1-2-7-18-15)13-4-5-14-10-17-8-6-12(14)9-13/h1-10H,11H2,(H,19,20). The number of amides is 1. The van der Waals surface area contributed by atoms with Crippen LogP contribution in [0.25, 0.3) is 10.8 Å². The molecule has 0 unspecified atom stereocenters. The highest BCUT2D eigenvalue weighted by Gasteiger charge is 2.06. The van der Waals surface area contributed by atoms with Crippen LogP contribution in [0.4, 0.5) is 0 Å². The molecule has 1 N–H and O–H groups in total. The van der Waals surface area contributed by atoms with Crippen molar-refractivity contribution in [1.82, 2.24) is 15.3 Å². The number of carbonyl (C=O) groups is 1. The summed E-state index contributed by atoms with van der Waals surface area (Å²) < 4.78 is 0. The average Bonchev–Trinajstić information content (AvgIpc) is 2.53. The zero-order valence-corrected chi connectivity index (χ0v) is 10.8. The summed E-state index contributed by atoms with van der Waals surface area (Å²) >= 11 is 0. The summed E-state index contributed by atoms with van der Waals surface area (Å²) in [6.45, 7) is 0.425. The lowest BCUT2D eigenvalue weighted by molar-refractivity contribution is 0.0950. The number of hydrogen-bond donors (Lipinski definition) is 1. The molecule has 1 aromatic carbocycles. The largest absolute Gasteiger partial charge is 0.346 e. The Bertz CT molecular complexity index is 741. The molecule has 4 heteroatoms. The maximum absolute atomic E-state index is 12.1. The molecular formula is C16H13N3O. The zero-order chi connectivity index (χ0) is 13.8.